The fourth-order valence-corrected chi connectivity index (χ4v) is 4.39. The molecule has 0 aliphatic rings. The second kappa shape index (κ2) is 13.9. The highest BCUT2D eigenvalue weighted by Crippen LogP contribution is 2.42. The molecule has 0 unspecified atom stereocenters. The molecule has 3 amide bonds. The van der Waals surface area contributed by atoms with E-state index >= 15 is 0 Å². The van der Waals surface area contributed by atoms with Crippen LogP contribution in [-0.4, -0.2) is 49.7 Å². The topological polar surface area (TPSA) is 132 Å². The Morgan fingerprint density at radius 2 is 1.69 bits per heavy atom. The molecule has 0 spiro atoms. The van der Waals surface area contributed by atoms with Crippen LogP contribution in [0.3, 0.4) is 0 Å². The van der Waals surface area contributed by atoms with Gasteiger partial charge in [0.15, 0.2) is 17.3 Å². The zero-order valence-electron chi connectivity index (χ0n) is 25.5. The Labute approximate surface area is 246 Å². The number of hydrogen-bond acceptors (Lipinski definition) is 8. The van der Waals surface area contributed by atoms with E-state index in [1.165, 1.54) is 26.2 Å². The van der Waals surface area contributed by atoms with E-state index in [9.17, 15) is 14.4 Å². The van der Waals surface area contributed by atoms with Gasteiger partial charge in [0, 0.05) is 30.0 Å². The van der Waals surface area contributed by atoms with E-state index in [4.69, 9.17) is 18.7 Å². The van der Waals surface area contributed by atoms with Crippen molar-refractivity contribution in [1.82, 2.24) is 10.5 Å². The van der Waals surface area contributed by atoms with Crippen LogP contribution in [0.1, 0.15) is 63.0 Å². The summed E-state index contributed by atoms with van der Waals surface area (Å²) in [5.41, 5.74) is 1.03. The summed E-state index contributed by atoms with van der Waals surface area (Å²) < 4.78 is 21.9. The Hall–Kier alpha value is -4.54. The van der Waals surface area contributed by atoms with E-state index in [1.54, 1.807) is 43.3 Å². The van der Waals surface area contributed by atoms with Crippen LogP contribution in [0.4, 0.5) is 11.5 Å². The molecule has 1 atom stereocenters. The molecule has 3 aromatic rings. The minimum Gasteiger partial charge on any atom is -0.495 e. The van der Waals surface area contributed by atoms with Gasteiger partial charge in [-0.25, -0.2) is 0 Å². The number of carbonyl (C=O) groups excluding carboxylic acids is 3. The van der Waals surface area contributed by atoms with Crippen LogP contribution in [0.5, 0.6) is 17.2 Å². The van der Waals surface area contributed by atoms with Crippen LogP contribution < -0.4 is 29.7 Å². The van der Waals surface area contributed by atoms with Crippen LogP contribution in [-0.2, 0) is 14.4 Å². The molecule has 2 N–H and O–H groups in total. The number of amides is 3. The van der Waals surface area contributed by atoms with Gasteiger partial charge in [0.1, 0.15) is 17.6 Å². The first-order valence-corrected chi connectivity index (χ1v) is 13.7. The maximum absolute atomic E-state index is 14.2. The number of methoxy groups -OCH3 is 3. The van der Waals surface area contributed by atoms with Crippen LogP contribution in [0.2, 0.25) is 0 Å². The average molecular weight is 581 g/mol. The zero-order chi connectivity index (χ0) is 31.0. The Balaban J connectivity index is 2.15. The lowest BCUT2D eigenvalue weighted by Crippen LogP contribution is -2.50. The first-order valence-electron chi connectivity index (χ1n) is 13.7. The van der Waals surface area contributed by atoms with Gasteiger partial charge in [-0.1, -0.05) is 30.3 Å². The lowest BCUT2D eigenvalue weighted by molar-refractivity contribution is -0.128. The van der Waals surface area contributed by atoms with Crippen molar-refractivity contribution >= 4 is 29.2 Å². The van der Waals surface area contributed by atoms with Gasteiger partial charge in [0.2, 0.25) is 17.7 Å². The third-order valence-corrected chi connectivity index (χ3v) is 6.90. The zero-order valence-corrected chi connectivity index (χ0v) is 25.5. The number of benzene rings is 2. The van der Waals surface area contributed by atoms with Crippen molar-refractivity contribution in [1.29, 1.82) is 0 Å². The molecule has 226 valence electrons. The number of aromatic nitrogens is 1. The molecule has 11 heteroatoms. The molecule has 11 nitrogen and oxygen atoms in total. The Bertz CT molecular complexity index is 1420. The van der Waals surface area contributed by atoms with Gasteiger partial charge in [0.25, 0.3) is 0 Å². The number of hydrogen-bond donors (Lipinski definition) is 2. The lowest BCUT2D eigenvalue weighted by Gasteiger charge is -2.36. The molecular weight excluding hydrogens is 540 g/mol. The first-order chi connectivity index (χ1) is 19.9. The average Bonchev–Trinajstić information content (AvgIpc) is 3.37. The number of ether oxygens (including phenoxy) is 3. The minimum atomic E-state index is -1.20. The van der Waals surface area contributed by atoms with Gasteiger partial charge in [-0.15, -0.1) is 0 Å². The second-order valence-electron chi connectivity index (χ2n) is 10.5. The molecule has 0 fully saturated rings. The van der Waals surface area contributed by atoms with Crippen molar-refractivity contribution in [3.05, 3.63) is 59.4 Å². The number of anilines is 2. The number of para-hydroxylation sites is 1. The van der Waals surface area contributed by atoms with E-state index in [0.29, 0.717) is 40.7 Å². The van der Waals surface area contributed by atoms with Crippen molar-refractivity contribution in [2.75, 3.05) is 31.5 Å². The van der Waals surface area contributed by atoms with E-state index in [-0.39, 0.29) is 18.7 Å². The third kappa shape index (κ3) is 7.59. The SMILES string of the molecule is CCC(C)(C)NC(=O)[C@H](c1cccc(OC)c1OC)N(C(=O)CCC(=O)Nc1cc(C)on1)c1cc(C)ccc1OC. The summed E-state index contributed by atoms with van der Waals surface area (Å²) in [4.78, 5) is 42.5. The second-order valence-corrected chi connectivity index (χ2v) is 10.5. The summed E-state index contributed by atoms with van der Waals surface area (Å²) in [6, 6.07) is 10.9. The standard InChI is InChI=1S/C31H40N4O7/c1-9-31(4,5)33-30(38)28(21-11-10-12-24(40-7)29(21)41-8)35(22-17-19(2)13-14-23(22)39-6)27(37)16-15-26(36)32-25-18-20(3)42-34-25/h10-14,17-18,28H,9,15-16H2,1-8H3,(H,33,38)(H,32,34,36)/t28-/m0/s1. The van der Waals surface area contributed by atoms with E-state index < -0.39 is 29.3 Å². The number of rotatable bonds is 13. The van der Waals surface area contributed by atoms with Crippen LogP contribution in [0.25, 0.3) is 0 Å². The largest absolute Gasteiger partial charge is 0.495 e. The molecule has 0 radical (unpaired) electrons. The highest BCUT2D eigenvalue weighted by atomic mass is 16.5. The Kier molecular flexibility index (Phi) is 10.6. The Morgan fingerprint density at radius 3 is 2.29 bits per heavy atom. The molecule has 42 heavy (non-hydrogen) atoms. The van der Waals surface area contributed by atoms with Gasteiger partial charge in [0.05, 0.1) is 27.0 Å². The predicted molar refractivity (Wildman–Crippen MR) is 159 cm³/mol. The third-order valence-electron chi connectivity index (χ3n) is 6.90. The normalized spacial score (nSPS) is 11.8. The first kappa shape index (κ1) is 32.0. The summed E-state index contributed by atoms with van der Waals surface area (Å²) in [5.74, 6) is 0.521. The molecule has 0 bridgehead atoms. The number of nitrogens with zero attached hydrogens (tertiary/aromatic N) is 2. The maximum Gasteiger partial charge on any atom is 0.248 e. The summed E-state index contributed by atoms with van der Waals surface area (Å²) in [5, 5.41) is 9.48. The van der Waals surface area contributed by atoms with E-state index in [1.807, 2.05) is 33.8 Å². The number of carbonyl (C=O) groups is 3. The highest BCUT2D eigenvalue weighted by Gasteiger charge is 2.38. The molecule has 0 saturated heterocycles. The molecule has 0 aliphatic carbocycles. The molecule has 0 aliphatic heterocycles. The van der Waals surface area contributed by atoms with Crippen molar-refractivity contribution in [2.45, 2.75) is 65.5 Å². The highest BCUT2D eigenvalue weighted by molar-refractivity contribution is 6.04. The fourth-order valence-electron chi connectivity index (χ4n) is 4.39. The smallest absolute Gasteiger partial charge is 0.248 e. The van der Waals surface area contributed by atoms with Gasteiger partial charge in [-0.2, -0.15) is 0 Å². The van der Waals surface area contributed by atoms with Crippen molar-refractivity contribution < 1.29 is 33.1 Å². The van der Waals surface area contributed by atoms with E-state index in [2.05, 4.69) is 15.8 Å². The van der Waals surface area contributed by atoms with Crippen molar-refractivity contribution in [3.8, 4) is 17.2 Å². The quantitative estimate of drug-likeness (QED) is 0.285. The monoisotopic (exact) mass is 580 g/mol. The van der Waals surface area contributed by atoms with Crippen molar-refractivity contribution in [2.24, 2.45) is 0 Å². The summed E-state index contributed by atoms with van der Waals surface area (Å²) in [6.07, 6.45) is 0.260. The van der Waals surface area contributed by atoms with Crippen LogP contribution in [0, 0.1) is 13.8 Å². The summed E-state index contributed by atoms with van der Waals surface area (Å²) in [6.45, 7) is 9.35. The van der Waals surface area contributed by atoms with Gasteiger partial charge in [-0.3, -0.25) is 19.3 Å². The summed E-state index contributed by atoms with van der Waals surface area (Å²) in [7, 11) is 4.46. The van der Waals surface area contributed by atoms with Crippen LogP contribution in [0.15, 0.2) is 47.0 Å². The molecule has 1 heterocycles. The maximum atomic E-state index is 14.2. The minimum absolute atomic E-state index is 0.167. The lowest BCUT2D eigenvalue weighted by atomic mass is 9.96. The van der Waals surface area contributed by atoms with Crippen LogP contribution >= 0.6 is 0 Å². The number of nitrogens with one attached hydrogen (secondary N) is 2. The number of aryl methyl sites for hydroxylation is 2. The van der Waals surface area contributed by atoms with Crippen molar-refractivity contribution in [3.63, 3.8) is 0 Å². The molecule has 0 saturated carbocycles. The molecule has 3 rings (SSSR count). The van der Waals surface area contributed by atoms with E-state index in [0.717, 1.165) is 5.56 Å². The molecule has 2 aromatic carbocycles. The van der Waals surface area contributed by atoms with Gasteiger partial charge < -0.3 is 29.4 Å². The molecule has 1 aromatic heterocycles. The summed E-state index contributed by atoms with van der Waals surface area (Å²) >= 11 is 0. The molecular formula is C31H40N4O7. The Morgan fingerprint density at radius 1 is 0.976 bits per heavy atom. The van der Waals surface area contributed by atoms with Gasteiger partial charge >= 0.3 is 0 Å². The predicted octanol–water partition coefficient (Wildman–Crippen LogP) is 5.12. The fraction of sp³-hybridized carbons (Fsp3) is 0.419. The van der Waals surface area contributed by atoms with Gasteiger partial charge in [-0.05, 0) is 57.9 Å².